The van der Waals surface area contributed by atoms with Gasteiger partial charge in [0.15, 0.2) is 0 Å². The number of carbonyl (C=O) groups excluding carboxylic acids is 2. The van der Waals surface area contributed by atoms with E-state index in [1.54, 1.807) is 24.3 Å². The number of rotatable bonds is 10. The van der Waals surface area contributed by atoms with Gasteiger partial charge in [0, 0.05) is 59.6 Å². The smallest absolute Gasteiger partial charge is 0.271 e. The number of para-hydroxylation sites is 1. The molecule has 1 heterocycles. The lowest BCUT2D eigenvalue weighted by Gasteiger charge is -2.19. The summed E-state index contributed by atoms with van der Waals surface area (Å²) in [4.78, 5) is 35.8. The molecule has 1 aromatic heterocycles. The molecule has 0 aliphatic heterocycles. The number of carboxylic acids is 1. The van der Waals surface area contributed by atoms with Crippen LogP contribution in [-0.2, 0) is 11.3 Å². The number of nitrogens with zero attached hydrogens (tertiary/aromatic N) is 3. The first-order valence-corrected chi connectivity index (χ1v) is 12.9. The summed E-state index contributed by atoms with van der Waals surface area (Å²) in [6.07, 6.45) is 1.79. The van der Waals surface area contributed by atoms with Crippen molar-refractivity contribution in [2.75, 3.05) is 0 Å². The highest BCUT2D eigenvalue weighted by atomic mass is 16.6. The molecule has 9 nitrogen and oxygen atoms in total. The fourth-order valence-electron chi connectivity index (χ4n) is 4.75. The summed E-state index contributed by atoms with van der Waals surface area (Å²) in [5.74, 6) is -2.91. The number of hydrogen-bond donors (Lipinski definition) is 1. The number of benzene rings is 4. The average molecular weight is 546 g/mol. The average Bonchev–Trinajstić information content (AvgIpc) is 3.35. The van der Waals surface area contributed by atoms with Gasteiger partial charge in [-0.15, -0.1) is 0 Å². The number of amides is 1. The molecule has 0 bridgehead atoms. The maximum atomic E-state index is 12.8. The number of hydrazone groups is 1. The Morgan fingerprint density at radius 3 is 2.12 bits per heavy atom. The third kappa shape index (κ3) is 6.20. The highest BCUT2D eigenvalue weighted by molar-refractivity contribution is 6.05. The fraction of sp³-hybridized carbons (Fsp3) is 0.0938. The van der Waals surface area contributed by atoms with Crippen molar-refractivity contribution in [3.8, 4) is 0 Å². The molecule has 9 heteroatoms. The van der Waals surface area contributed by atoms with Gasteiger partial charge in [0.2, 0.25) is 0 Å². The topological polar surface area (TPSA) is 130 Å². The summed E-state index contributed by atoms with van der Waals surface area (Å²) in [5, 5.41) is 28.6. The molecule has 0 fully saturated rings. The van der Waals surface area contributed by atoms with Crippen LogP contribution in [-0.4, -0.2) is 27.1 Å². The fourth-order valence-corrected chi connectivity index (χ4v) is 4.75. The van der Waals surface area contributed by atoms with E-state index in [-0.39, 0.29) is 17.7 Å². The van der Waals surface area contributed by atoms with Crippen LogP contribution < -0.4 is 10.5 Å². The molecule has 4 aromatic carbocycles. The molecule has 5 aromatic rings. The summed E-state index contributed by atoms with van der Waals surface area (Å²) in [6.45, 7) is 0.562. The van der Waals surface area contributed by atoms with E-state index < -0.39 is 22.7 Å². The van der Waals surface area contributed by atoms with Gasteiger partial charge < -0.3 is 14.5 Å². The first kappa shape index (κ1) is 27.0. The Balaban J connectivity index is 1.48. The molecule has 1 atom stereocenters. The summed E-state index contributed by atoms with van der Waals surface area (Å²) in [6, 6.07) is 31.6. The second-order valence-electron chi connectivity index (χ2n) is 9.46. The summed E-state index contributed by atoms with van der Waals surface area (Å²) in [5.41, 5.74) is 6.04. The quantitative estimate of drug-likeness (QED) is 0.155. The Kier molecular flexibility index (Phi) is 7.96. The van der Waals surface area contributed by atoms with Crippen molar-refractivity contribution in [2.24, 2.45) is 5.10 Å². The SMILES string of the molecule is O=C(N/N=C(\C[C@H](C(=O)[O-])c1cn(Cc2ccccc2)c2ccccc12)c1ccccc1)c1ccc([N+](=O)[O-])cc1. The summed E-state index contributed by atoms with van der Waals surface area (Å²) in [7, 11) is 0. The highest BCUT2D eigenvalue weighted by Crippen LogP contribution is 2.31. The van der Waals surface area contributed by atoms with Gasteiger partial charge in [-0.25, -0.2) is 5.43 Å². The van der Waals surface area contributed by atoms with E-state index in [0.29, 0.717) is 23.4 Å². The minimum Gasteiger partial charge on any atom is -0.549 e. The predicted molar refractivity (Wildman–Crippen MR) is 153 cm³/mol. The third-order valence-electron chi connectivity index (χ3n) is 6.81. The maximum Gasteiger partial charge on any atom is 0.271 e. The number of nitro groups is 1. The van der Waals surface area contributed by atoms with Crippen molar-refractivity contribution in [1.29, 1.82) is 0 Å². The normalized spacial score (nSPS) is 12.1. The van der Waals surface area contributed by atoms with Crippen molar-refractivity contribution in [2.45, 2.75) is 18.9 Å². The lowest BCUT2D eigenvalue weighted by Crippen LogP contribution is -2.32. The van der Waals surface area contributed by atoms with Gasteiger partial charge in [-0.3, -0.25) is 14.9 Å². The summed E-state index contributed by atoms with van der Waals surface area (Å²) >= 11 is 0. The molecule has 0 unspecified atom stereocenters. The van der Waals surface area contributed by atoms with Crippen LogP contribution in [0.2, 0.25) is 0 Å². The maximum absolute atomic E-state index is 12.8. The van der Waals surface area contributed by atoms with Crippen molar-refractivity contribution < 1.29 is 19.6 Å². The number of aromatic nitrogens is 1. The molecular formula is C32H25N4O5-. The Morgan fingerprint density at radius 1 is 0.829 bits per heavy atom. The zero-order chi connectivity index (χ0) is 28.8. The third-order valence-corrected chi connectivity index (χ3v) is 6.81. The Bertz CT molecular complexity index is 1730. The van der Waals surface area contributed by atoms with Crippen LogP contribution >= 0.6 is 0 Å². The molecule has 1 amide bonds. The van der Waals surface area contributed by atoms with Crippen molar-refractivity contribution in [3.05, 3.63) is 148 Å². The number of aliphatic carboxylic acids is 1. The zero-order valence-corrected chi connectivity index (χ0v) is 21.8. The van der Waals surface area contributed by atoms with Crippen LogP contribution in [0.25, 0.3) is 10.9 Å². The van der Waals surface area contributed by atoms with Crippen molar-refractivity contribution >= 4 is 34.2 Å². The molecule has 5 rings (SSSR count). The lowest BCUT2D eigenvalue weighted by atomic mass is 9.91. The predicted octanol–water partition coefficient (Wildman–Crippen LogP) is 4.66. The van der Waals surface area contributed by atoms with E-state index in [9.17, 15) is 24.8 Å². The number of hydrogen-bond acceptors (Lipinski definition) is 6. The standard InChI is InChI=1S/C32H26N4O5/c37-31(24-15-17-25(18-16-24)36(40)41)34-33-29(23-11-5-2-6-12-23)19-27(32(38)39)28-21-35(20-22-9-3-1-4-10-22)30-14-8-7-13-26(28)30/h1-18,21,27H,19-20H2,(H,34,37)(H,38,39)/p-1/b33-29+/t27-/m0/s1. The number of fused-ring (bicyclic) bond motifs is 1. The molecule has 1 N–H and O–H groups in total. The first-order valence-electron chi connectivity index (χ1n) is 12.9. The molecule has 0 saturated carbocycles. The van der Waals surface area contributed by atoms with Gasteiger partial charge in [0.25, 0.3) is 11.6 Å². The van der Waals surface area contributed by atoms with E-state index in [1.807, 2.05) is 71.4 Å². The minimum atomic E-state index is -1.27. The molecule has 0 aliphatic carbocycles. The minimum absolute atomic E-state index is 0.0494. The van der Waals surface area contributed by atoms with E-state index in [0.717, 1.165) is 16.5 Å². The second kappa shape index (κ2) is 12.1. The number of nitro benzene ring substituents is 1. The van der Waals surface area contributed by atoms with Gasteiger partial charge >= 0.3 is 0 Å². The van der Waals surface area contributed by atoms with Crippen LogP contribution in [0.5, 0.6) is 0 Å². The zero-order valence-electron chi connectivity index (χ0n) is 21.8. The van der Waals surface area contributed by atoms with Gasteiger partial charge in [-0.2, -0.15) is 5.10 Å². The second-order valence-corrected chi connectivity index (χ2v) is 9.46. The summed E-state index contributed by atoms with van der Waals surface area (Å²) < 4.78 is 2.02. The molecule has 204 valence electrons. The van der Waals surface area contributed by atoms with E-state index in [1.165, 1.54) is 24.3 Å². The van der Waals surface area contributed by atoms with Gasteiger partial charge in [0.1, 0.15) is 0 Å². The molecule has 0 aliphatic rings. The molecule has 0 spiro atoms. The van der Waals surface area contributed by atoms with Gasteiger partial charge in [0.05, 0.1) is 10.6 Å². The molecule has 0 radical (unpaired) electrons. The Morgan fingerprint density at radius 2 is 1.46 bits per heavy atom. The van der Waals surface area contributed by atoms with Crippen LogP contribution in [0, 0.1) is 10.1 Å². The monoisotopic (exact) mass is 545 g/mol. The van der Waals surface area contributed by atoms with Crippen LogP contribution in [0.1, 0.15) is 39.4 Å². The van der Waals surface area contributed by atoms with Gasteiger partial charge in [-0.1, -0.05) is 78.9 Å². The molecular weight excluding hydrogens is 520 g/mol. The van der Waals surface area contributed by atoms with Crippen molar-refractivity contribution in [3.63, 3.8) is 0 Å². The number of non-ortho nitro benzene ring substituents is 1. The van der Waals surface area contributed by atoms with Crippen LogP contribution in [0.3, 0.4) is 0 Å². The van der Waals surface area contributed by atoms with E-state index in [2.05, 4.69) is 10.5 Å². The number of carbonyl (C=O) groups is 2. The lowest BCUT2D eigenvalue weighted by molar-refractivity contribution is -0.384. The van der Waals surface area contributed by atoms with Crippen LogP contribution in [0.15, 0.2) is 120 Å². The number of carboxylic acid groups (broad SMARTS) is 1. The first-order chi connectivity index (χ1) is 19.9. The highest BCUT2D eigenvalue weighted by Gasteiger charge is 2.23. The number of nitrogens with one attached hydrogen (secondary N) is 1. The Labute approximate surface area is 235 Å². The van der Waals surface area contributed by atoms with E-state index >= 15 is 0 Å². The van der Waals surface area contributed by atoms with Crippen LogP contribution in [0.4, 0.5) is 5.69 Å². The van der Waals surface area contributed by atoms with E-state index in [4.69, 9.17) is 0 Å². The molecule has 0 saturated heterocycles. The largest absolute Gasteiger partial charge is 0.549 e. The Hall–Kier alpha value is -5.57. The van der Waals surface area contributed by atoms with Gasteiger partial charge in [-0.05, 0) is 34.9 Å². The van der Waals surface area contributed by atoms with Crippen molar-refractivity contribution in [1.82, 2.24) is 9.99 Å². The molecule has 41 heavy (non-hydrogen) atoms.